The van der Waals surface area contributed by atoms with Gasteiger partial charge in [0.15, 0.2) is 6.10 Å². The standard InChI is InChI=1S/C61H110O6/c1-4-7-10-13-16-19-22-25-28-30-33-36-39-42-45-48-51-54-60(63)66-57-58(56-65-59(62)53-50-47-44-41-38-35-32-27-24-21-18-15-12-9-6-3)67-61(64)55-52-49-46-43-40-37-34-31-29-26-23-20-17-14-11-8-5-2/h17,20,25-26,28-29,34,37,58H,4-16,18-19,21-24,27,30-33,35-36,38-57H2,1-3H3/b20-17-,28-25-,29-26-,37-34-/t58-/m0/s1. The molecule has 0 bridgehead atoms. The van der Waals surface area contributed by atoms with Gasteiger partial charge in [-0.3, -0.25) is 14.4 Å². The van der Waals surface area contributed by atoms with Crippen molar-refractivity contribution in [3.63, 3.8) is 0 Å². The van der Waals surface area contributed by atoms with Crippen LogP contribution < -0.4 is 0 Å². The lowest BCUT2D eigenvalue weighted by molar-refractivity contribution is -0.167. The molecule has 6 heteroatoms. The number of ether oxygens (including phenoxy) is 3. The van der Waals surface area contributed by atoms with E-state index in [1.54, 1.807) is 0 Å². The smallest absolute Gasteiger partial charge is 0.306 e. The third-order valence-corrected chi connectivity index (χ3v) is 12.8. The first-order chi connectivity index (χ1) is 33.0. The van der Waals surface area contributed by atoms with E-state index in [0.29, 0.717) is 19.3 Å². The minimum absolute atomic E-state index is 0.0806. The van der Waals surface area contributed by atoms with Crippen LogP contribution in [0.3, 0.4) is 0 Å². The van der Waals surface area contributed by atoms with E-state index in [0.717, 1.165) is 83.5 Å². The van der Waals surface area contributed by atoms with Crippen molar-refractivity contribution in [2.75, 3.05) is 13.2 Å². The Morgan fingerprint density at radius 2 is 0.537 bits per heavy atom. The van der Waals surface area contributed by atoms with Crippen molar-refractivity contribution < 1.29 is 28.6 Å². The van der Waals surface area contributed by atoms with E-state index < -0.39 is 6.10 Å². The van der Waals surface area contributed by atoms with E-state index in [1.165, 1.54) is 180 Å². The Bertz CT molecular complexity index is 1170. The van der Waals surface area contributed by atoms with Gasteiger partial charge in [0.2, 0.25) is 0 Å². The molecule has 0 fully saturated rings. The largest absolute Gasteiger partial charge is 0.462 e. The molecule has 0 N–H and O–H groups in total. The van der Waals surface area contributed by atoms with Gasteiger partial charge in [0.25, 0.3) is 0 Å². The molecule has 0 aliphatic rings. The lowest BCUT2D eigenvalue weighted by atomic mass is 10.0. The first-order valence-electron chi connectivity index (χ1n) is 29.1. The number of carbonyl (C=O) groups excluding carboxylic acids is 3. The Balaban J connectivity index is 4.40. The molecule has 390 valence electrons. The van der Waals surface area contributed by atoms with Gasteiger partial charge in [-0.25, -0.2) is 0 Å². The van der Waals surface area contributed by atoms with Gasteiger partial charge in [-0.15, -0.1) is 0 Å². The van der Waals surface area contributed by atoms with Crippen LogP contribution in [0.1, 0.15) is 303 Å². The second-order valence-corrected chi connectivity index (χ2v) is 19.6. The van der Waals surface area contributed by atoms with E-state index in [4.69, 9.17) is 14.2 Å². The van der Waals surface area contributed by atoms with Gasteiger partial charge in [0.1, 0.15) is 13.2 Å². The fraction of sp³-hybridized carbons (Fsp3) is 0.820. The number of allylic oxidation sites excluding steroid dienone is 8. The third kappa shape index (κ3) is 54.2. The second kappa shape index (κ2) is 56.0. The molecule has 0 amide bonds. The molecular weight excluding hydrogens is 829 g/mol. The van der Waals surface area contributed by atoms with Gasteiger partial charge in [-0.1, -0.05) is 249 Å². The van der Waals surface area contributed by atoms with Crippen molar-refractivity contribution in [3.05, 3.63) is 48.6 Å². The fourth-order valence-corrected chi connectivity index (χ4v) is 8.39. The van der Waals surface area contributed by atoms with Crippen LogP contribution in [-0.4, -0.2) is 37.2 Å². The molecule has 0 rings (SSSR count). The molecule has 0 spiro atoms. The molecule has 0 aromatic heterocycles. The predicted molar refractivity (Wildman–Crippen MR) is 289 cm³/mol. The van der Waals surface area contributed by atoms with Gasteiger partial charge in [-0.05, 0) is 83.5 Å². The predicted octanol–water partition coefficient (Wildman–Crippen LogP) is 19.4. The van der Waals surface area contributed by atoms with Crippen molar-refractivity contribution in [3.8, 4) is 0 Å². The SMILES string of the molecule is CCCCC/C=C\C/C=C\C/C=C\CCCCCCC(=O)O[C@H](COC(=O)CCCCCCCCC/C=C\CCCCCCCC)COC(=O)CCCCCCCCCCCCCCCCC. The van der Waals surface area contributed by atoms with E-state index in [-0.39, 0.29) is 31.1 Å². The molecule has 0 saturated carbocycles. The summed E-state index contributed by atoms with van der Waals surface area (Å²) < 4.78 is 16.9. The van der Waals surface area contributed by atoms with Crippen molar-refractivity contribution in [1.29, 1.82) is 0 Å². The highest BCUT2D eigenvalue weighted by atomic mass is 16.6. The van der Waals surface area contributed by atoms with Crippen LogP contribution in [0, 0.1) is 0 Å². The lowest BCUT2D eigenvalue weighted by Crippen LogP contribution is -2.30. The van der Waals surface area contributed by atoms with Gasteiger partial charge in [0.05, 0.1) is 0 Å². The Kier molecular flexibility index (Phi) is 53.8. The van der Waals surface area contributed by atoms with Gasteiger partial charge >= 0.3 is 17.9 Å². The number of esters is 3. The minimum Gasteiger partial charge on any atom is -0.462 e. The van der Waals surface area contributed by atoms with Gasteiger partial charge in [-0.2, -0.15) is 0 Å². The van der Waals surface area contributed by atoms with E-state index in [2.05, 4.69) is 69.4 Å². The maximum Gasteiger partial charge on any atom is 0.306 e. The molecule has 67 heavy (non-hydrogen) atoms. The zero-order valence-electron chi connectivity index (χ0n) is 44.7. The van der Waals surface area contributed by atoms with Crippen LogP contribution in [0.5, 0.6) is 0 Å². The molecule has 1 atom stereocenters. The van der Waals surface area contributed by atoms with E-state index >= 15 is 0 Å². The summed E-state index contributed by atoms with van der Waals surface area (Å²) in [6, 6.07) is 0. The van der Waals surface area contributed by atoms with Crippen LogP contribution in [0.2, 0.25) is 0 Å². The number of unbranched alkanes of at least 4 members (excludes halogenated alkanes) is 34. The van der Waals surface area contributed by atoms with Crippen molar-refractivity contribution >= 4 is 17.9 Å². The first-order valence-corrected chi connectivity index (χ1v) is 29.1. The molecule has 6 nitrogen and oxygen atoms in total. The monoisotopic (exact) mass is 939 g/mol. The summed E-state index contributed by atoms with van der Waals surface area (Å²) in [7, 11) is 0. The van der Waals surface area contributed by atoms with Crippen LogP contribution >= 0.6 is 0 Å². The van der Waals surface area contributed by atoms with Gasteiger partial charge in [0, 0.05) is 19.3 Å². The molecule has 0 aliphatic heterocycles. The number of rotatable bonds is 53. The number of carbonyl (C=O) groups is 3. The lowest BCUT2D eigenvalue weighted by Gasteiger charge is -2.18. The Morgan fingerprint density at radius 1 is 0.299 bits per heavy atom. The highest BCUT2D eigenvalue weighted by molar-refractivity contribution is 5.71. The Hall–Kier alpha value is -2.63. The number of hydrogen-bond donors (Lipinski definition) is 0. The zero-order valence-corrected chi connectivity index (χ0v) is 44.7. The maximum atomic E-state index is 12.8. The Labute approximate surface area is 416 Å². The molecule has 0 unspecified atom stereocenters. The van der Waals surface area contributed by atoms with E-state index in [9.17, 15) is 14.4 Å². The molecule has 0 aromatic rings. The quantitative estimate of drug-likeness (QED) is 0.0262. The first kappa shape index (κ1) is 64.4. The zero-order chi connectivity index (χ0) is 48.6. The molecule has 0 radical (unpaired) electrons. The van der Waals surface area contributed by atoms with Crippen molar-refractivity contribution in [2.45, 2.75) is 309 Å². The summed E-state index contributed by atoms with van der Waals surface area (Å²) in [6.45, 7) is 6.62. The van der Waals surface area contributed by atoms with Crippen LogP contribution in [-0.2, 0) is 28.6 Å². The second-order valence-electron chi connectivity index (χ2n) is 19.6. The maximum absolute atomic E-state index is 12.8. The average molecular weight is 940 g/mol. The van der Waals surface area contributed by atoms with Crippen molar-refractivity contribution in [1.82, 2.24) is 0 Å². The number of hydrogen-bond acceptors (Lipinski definition) is 6. The molecule has 0 aliphatic carbocycles. The molecule has 0 aromatic carbocycles. The molecular formula is C61H110O6. The third-order valence-electron chi connectivity index (χ3n) is 12.8. The molecule has 0 saturated heterocycles. The Morgan fingerprint density at radius 3 is 0.881 bits per heavy atom. The highest BCUT2D eigenvalue weighted by Crippen LogP contribution is 2.16. The summed E-state index contributed by atoms with van der Waals surface area (Å²) in [5.41, 5.74) is 0. The summed E-state index contributed by atoms with van der Waals surface area (Å²) in [6.07, 6.45) is 68.1. The topological polar surface area (TPSA) is 78.9 Å². The van der Waals surface area contributed by atoms with E-state index in [1.807, 2.05) is 0 Å². The average Bonchev–Trinajstić information content (AvgIpc) is 3.33. The summed E-state index contributed by atoms with van der Waals surface area (Å²) in [5, 5.41) is 0. The highest BCUT2D eigenvalue weighted by Gasteiger charge is 2.19. The molecule has 0 heterocycles. The normalized spacial score (nSPS) is 12.3. The fourth-order valence-electron chi connectivity index (χ4n) is 8.39. The summed E-state index contributed by atoms with van der Waals surface area (Å²) in [5.74, 6) is -0.892. The van der Waals surface area contributed by atoms with Crippen molar-refractivity contribution in [2.24, 2.45) is 0 Å². The summed E-state index contributed by atoms with van der Waals surface area (Å²) in [4.78, 5) is 38.2. The summed E-state index contributed by atoms with van der Waals surface area (Å²) >= 11 is 0. The van der Waals surface area contributed by atoms with Gasteiger partial charge < -0.3 is 14.2 Å². The van der Waals surface area contributed by atoms with Crippen LogP contribution in [0.15, 0.2) is 48.6 Å². The minimum atomic E-state index is -0.784. The van der Waals surface area contributed by atoms with Crippen LogP contribution in [0.25, 0.3) is 0 Å². The van der Waals surface area contributed by atoms with Crippen LogP contribution in [0.4, 0.5) is 0 Å².